The highest BCUT2D eigenvalue weighted by molar-refractivity contribution is 6.51. The van der Waals surface area contributed by atoms with Gasteiger partial charge in [0.15, 0.2) is 17.3 Å². The number of halogens is 1. The quantitative estimate of drug-likeness (QED) is 0.167. The number of hydrogen-bond donors (Lipinski definition) is 1. The molecule has 1 aliphatic heterocycles. The first-order valence-electron chi connectivity index (χ1n) is 11.7. The van der Waals surface area contributed by atoms with Crippen LogP contribution < -0.4 is 14.4 Å². The lowest BCUT2D eigenvalue weighted by Crippen LogP contribution is -2.29. The van der Waals surface area contributed by atoms with E-state index >= 15 is 0 Å². The van der Waals surface area contributed by atoms with Crippen LogP contribution in [-0.4, -0.2) is 35.7 Å². The number of aliphatic hydroxyl groups is 1. The molecule has 1 amide bonds. The van der Waals surface area contributed by atoms with E-state index in [4.69, 9.17) is 25.6 Å². The molecule has 0 bridgehead atoms. The summed E-state index contributed by atoms with van der Waals surface area (Å²) < 4.78 is 16.6. The fourth-order valence-corrected chi connectivity index (χ4v) is 4.25. The molecule has 0 spiro atoms. The molecule has 36 heavy (non-hydrogen) atoms. The predicted octanol–water partition coefficient (Wildman–Crippen LogP) is 5.84. The lowest BCUT2D eigenvalue weighted by atomic mass is 9.95. The molecular weight excluding hydrogens is 484 g/mol. The summed E-state index contributed by atoms with van der Waals surface area (Å²) in [5, 5.41) is 15.6. The van der Waals surface area contributed by atoms with Gasteiger partial charge in [0.1, 0.15) is 11.5 Å². The number of aromatic nitrogens is 1. The molecule has 3 aromatic rings. The van der Waals surface area contributed by atoms with Crippen molar-refractivity contribution in [1.29, 1.82) is 0 Å². The Hall–Kier alpha value is -3.78. The summed E-state index contributed by atoms with van der Waals surface area (Å²) in [5.74, 6) is -0.377. The molecule has 4 rings (SSSR count). The van der Waals surface area contributed by atoms with Gasteiger partial charge in [-0.15, -0.1) is 0 Å². The molecule has 0 aliphatic carbocycles. The third-order valence-electron chi connectivity index (χ3n) is 5.93. The number of aliphatic hydroxyl groups excluding tert-OH is 1. The van der Waals surface area contributed by atoms with E-state index in [1.165, 1.54) is 12.0 Å². The van der Waals surface area contributed by atoms with E-state index in [2.05, 4.69) is 12.1 Å². The van der Waals surface area contributed by atoms with Gasteiger partial charge in [-0.1, -0.05) is 42.6 Å². The van der Waals surface area contributed by atoms with Crippen LogP contribution in [0.5, 0.6) is 11.5 Å². The first-order chi connectivity index (χ1) is 17.3. The van der Waals surface area contributed by atoms with Gasteiger partial charge in [0, 0.05) is 16.7 Å². The van der Waals surface area contributed by atoms with Crippen molar-refractivity contribution >= 4 is 34.9 Å². The van der Waals surface area contributed by atoms with Crippen molar-refractivity contribution in [3.8, 4) is 11.5 Å². The van der Waals surface area contributed by atoms with Crippen molar-refractivity contribution in [1.82, 2.24) is 5.16 Å². The summed E-state index contributed by atoms with van der Waals surface area (Å²) in [6, 6.07) is 12.1. The van der Waals surface area contributed by atoms with Crippen LogP contribution in [0.15, 0.2) is 58.6 Å². The standard InChI is InChI=1S/C27H27ClN2O6/c1-4-5-6-13-35-20-12-9-18(15-21(20)34-3)24-23(25(31)17-7-10-19(28)11-8-17)26(32)27(33)30(24)22-14-16(2)36-29-22/h7-12,14-15,24,31H,4-6,13H2,1-3H3/b25-23+. The molecule has 188 valence electrons. The zero-order chi connectivity index (χ0) is 25.8. The van der Waals surface area contributed by atoms with E-state index in [0.717, 1.165) is 19.3 Å². The van der Waals surface area contributed by atoms with Crippen LogP contribution in [0.4, 0.5) is 5.82 Å². The number of ketones is 1. The van der Waals surface area contributed by atoms with Gasteiger partial charge in [0.25, 0.3) is 5.78 Å². The van der Waals surface area contributed by atoms with Crippen LogP contribution >= 0.6 is 11.6 Å². The molecular formula is C27H27ClN2O6. The number of hydrogen-bond acceptors (Lipinski definition) is 7. The maximum atomic E-state index is 13.2. The number of aryl methyl sites for hydroxylation is 1. The fourth-order valence-electron chi connectivity index (χ4n) is 4.12. The molecule has 0 saturated carbocycles. The van der Waals surface area contributed by atoms with Gasteiger partial charge in [0.05, 0.1) is 25.3 Å². The van der Waals surface area contributed by atoms with Crippen molar-refractivity contribution < 1.29 is 28.7 Å². The highest BCUT2D eigenvalue weighted by atomic mass is 35.5. The van der Waals surface area contributed by atoms with Crippen molar-refractivity contribution in [3.05, 3.63) is 76.0 Å². The number of amides is 1. The zero-order valence-corrected chi connectivity index (χ0v) is 21.0. The van der Waals surface area contributed by atoms with E-state index in [1.807, 2.05) is 0 Å². The highest BCUT2D eigenvalue weighted by Gasteiger charge is 2.48. The Labute approximate surface area is 214 Å². The first-order valence-corrected chi connectivity index (χ1v) is 12.0. The number of anilines is 1. The minimum Gasteiger partial charge on any atom is -0.507 e. The van der Waals surface area contributed by atoms with E-state index in [-0.39, 0.29) is 17.2 Å². The molecule has 1 unspecified atom stereocenters. The Kier molecular flexibility index (Phi) is 7.64. The van der Waals surface area contributed by atoms with Gasteiger partial charge in [0.2, 0.25) is 0 Å². The molecule has 0 radical (unpaired) electrons. The van der Waals surface area contributed by atoms with Crippen LogP contribution in [0.25, 0.3) is 5.76 Å². The number of benzene rings is 2. The highest BCUT2D eigenvalue weighted by Crippen LogP contribution is 2.44. The Morgan fingerprint density at radius 2 is 1.86 bits per heavy atom. The van der Waals surface area contributed by atoms with Crippen LogP contribution in [0.3, 0.4) is 0 Å². The number of methoxy groups -OCH3 is 1. The Balaban J connectivity index is 1.83. The zero-order valence-electron chi connectivity index (χ0n) is 20.3. The molecule has 8 nitrogen and oxygen atoms in total. The third kappa shape index (κ3) is 4.95. The molecule has 9 heteroatoms. The van der Waals surface area contributed by atoms with Crippen LogP contribution in [-0.2, 0) is 9.59 Å². The Morgan fingerprint density at radius 1 is 1.11 bits per heavy atom. The number of rotatable bonds is 9. The third-order valence-corrected chi connectivity index (χ3v) is 6.19. The molecule has 2 aromatic carbocycles. The number of unbranched alkanes of at least 4 members (excludes halogenated alkanes) is 2. The smallest absolute Gasteiger partial charge is 0.301 e. The summed E-state index contributed by atoms with van der Waals surface area (Å²) in [5.41, 5.74) is 0.798. The van der Waals surface area contributed by atoms with Crippen LogP contribution in [0, 0.1) is 6.92 Å². The Morgan fingerprint density at radius 3 is 2.50 bits per heavy atom. The number of ether oxygens (including phenoxy) is 2. The SMILES string of the molecule is CCCCCOc1ccc(C2/C(=C(\O)c3ccc(Cl)cc3)C(=O)C(=O)N2c2cc(C)on2)cc1OC. The molecule has 1 fully saturated rings. The summed E-state index contributed by atoms with van der Waals surface area (Å²) in [6.45, 7) is 4.34. The summed E-state index contributed by atoms with van der Waals surface area (Å²) in [7, 11) is 1.52. The van der Waals surface area contributed by atoms with Crippen molar-refractivity contribution in [2.24, 2.45) is 0 Å². The number of carbonyl (C=O) groups is 2. The largest absolute Gasteiger partial charge is 0.507 e. The minimum atomic E-state index is -0.979. The molecule has 1 aromatic heterocycles. The first kappa shape index (κ1) is 25.3. The monoisotopic (exact) mass is 510 g/mol. The number of nitrogens with zero attached hydrogens (tertiary/aromatic N) is 2. The van der Waals surface area contributed by atoms with Gasteiger partial charge < -0.3 is 19.1 Å². The molecule has 1 saturated heterocycles. The van der Waals surface area contributed by atoms with E-state index in [0.29, 0.717) is 40.0 Å². The summed E-state index contributed by atoms with van der Waals surface area (Å²) in [4.78, 5) is 27.7. The average molecular weight is 511 g/mol. The number of carbonyl (C=O) groups excluding carboxylic acids is 2. The molecule has 1 N–H and O–H groups in total. The second-order valence-corrected chi connectivity index (χ2v) is 8.87. The van der Waals surface area contributed by atoms with Crippen LogP contribution in [0.2, 0.25) is 5.02 Å². The maximum absolute atomic E-state index is 13.2. The van der Waals surface area contributed by atoms with Gasteiger partial charge in [-0.2, -0.15) is 0 Å². The summed E-state index contributed by atoms with van der Waals surface area (Å²) in [6.07, 6.45) is 3.04. The van der Waals surface area contributed by atoms with Crippen molar-refractivity contribution in [3.63, 3.8) is 0 Å². The second kappa shape index (κ2) is 10.9. The van der Waals surface area contributed by atoms with Crippen LogP contribution in [0.1, 0.15) is 49.1 Å². The minimum absolute atomic E-state index is 0.0818. The lowest BCUT2D eigenvalue weighted by molar-refractivity contribution is -0.132. The Bertz CT molecular complexity index is 1300. The fraction of sp³-hybridized carbons (Fsp3) is 0.296. The lowest BCUT2D eigenvalue weighted by Gasteiger charge is -2.23. The summed E-state index contributed by atoms with van der Waals surface area (Å²) >= 11 is 5.99. The van der Waals surface area contributed by atoms with Gasteiger partial charge >= 0.3 is 5.91 Å². The van der Waals surface area contributed by atoms with E-state index in [1.54, 1.807) is 55.5 Å². The average Bonchev–Trinajstić information content (AvgIpc) is 3.42. The second-order valence-electron chi connectivity index (χ2n) is 8.44. The normalized spacial score (nSPS) is 17.0. The predicted molar refractivity (Wildman–Crippen MR) is 135 cm³/mol. The number of Topliss-reactive ketones (excluding diaryl/α,β-unsaturated/α-hetero) is 1. The van der Waals surface area contributed by atoms with E-state index < -0.39 is 17.7 Å². The van der Waals surface area contributed by atoms with Crippen molar-refractivity contribution in [2.75, 3.05) is 18.6 Å². The van der Waals surface area contributed by atoms with Gasteiger partial charge in [-0.25, -0.2) is 0 Å². The van der Waals surface area contributed by atoms with Gasteiger partial charge in [-0.05, 0) is 55.3 Å². The molecule has 2 heterocycles. The molecule has 1 atom stereocenters. The van der Waals surface area contributed by atoms with Gasteiger partial charge in [-0.3, -0.25) is 14.5 Å². The molecule has 1 aliphatic rings. The van der Waals surface area contributed by atoms with Crippen molar-refractivity contribution in [2.45, 2.75) is 39.2 Å². The topological polar surface area (TPSA) is 102 Å². The maximum Gasteiger partial charge on any atom is 0.301 e. The van der Waals surface area contributed by atoms with E-state index in [9.17, 15) is 14.7 Å².